The summed E-state index contributed by atoms with van der Waals surface area (Å²) in [6, 6.07) is 6.02. The Balaban J connectivity index is 1.09. The van der Waals surface area contributed by atoms with Gasteiger partial charge >= 0.3 is 0 Å². The average molecular weight is 495 g/mol. The number of hydrogen-bond donors (Lipinski definition) is 1. The number of anilines is 2. The number of imidazole rings is 1. The number of nitrogens with one attached hydrogen (secondary N) is 1. The third-order valence-electron chi connectivity index (χ3n) is 7.89. The highest BCUT2D eigenvalue weighted by Gasteiger charge is 2.45. The average Bonchev–Trinajstić information content (AvgIpc) is 3.81. The molecule has 37 heavy (non-hydrogen) atoms. The molecule has 7 rings (SSSR count). The van der Waals surface area contributed by atoms with E-state index >= 15 is 0 Å². The van der Waals surface area contributed by atoms with Crippen molar-refractivity contribution in [3.05, 3.63) is 71.8 Å². The van der Waals surface area contributed by atoms with E-state index in [1.54, 1.807) is 0 Å². The highest BCUT2D eigenvalue weighted by atomic mass is 16.2. The summed E-state index contributed by atoms with van der Waals surface area (Å²) in [7, 11) is 0. The molecule has 0 aromatic carbocycles. The quantitative estimate of drug-likeness (QED) is 0.423. The molecule has 2 saturated carbocycles. The van der Waals surface area contributed by atoms with Crippen molar-refractivity contribution in [3.8, 4) is 0 Å². The molecule has 1 saturated heterocycles. The summed E-state index contributed by atoms with van der Waals surface area (Å²) in [4.78, 5) is 38.1. The van der Waals surface area contributed by atoms with E-state index in [1.807, 2.05) is 31.5 Å². The first kappa shape index (κ1) is 22.3. The predicted octanol–water partition coefficient (Wildman–Crippen LogP) is 4.43. The third kappa shape index (κ3) is 4.32. The predicted molar refractivity (Wildman–Crippen MR) is 139 cm³/mol. The number of fused-ring (bicyclic) bond motifs is 1. The zero-order chi connectivity index (χ0) is 25.1. The minimum atomic E-state index is -0.0710. The van der Waals surface area contributed by atoms with Crippen molar-refractivity contribution in [1.29, 1.82) is 0 Å². The van der Waals surface area contributed by atoms with Crippen molar-refractivity contribution >= 4 is 23.3 Å². The molecular weight excluding hydrogens is 464 g/mol. The Morgan fingerprint density at radius 2 is 1.95 bits per heavy atom. The van der Waals surface area contributed by atoms with E-state index < -0.39 is 0 Å². The monoisotopic (exact) mass is 494 g/mol. The Morgan fingerprint density at radius 1 is 1.05 bits per heavy atom. The molecule has 0 spiro atoms. The zero-order valence-corrected chi connectivity index (χ0v) is 21.1. The summed E-state index contributed by atoms with van der Waals surface area (Å²) in [5, 5.41) is 3.02. The third-order valence-corrected chi connectivity index (χ3v) is 7.89. The standard InChI is InChI=1S/C28H30N8O/c1-16-5-6-29-22(7-16)20-9-21(20)27(37)34-25-10-26(32-15-31-25)36-12-17(2)8-24(36)23-14-35-13-19(18-3-4-18)11-30-28(35)33-23/h5-7,10-11,13-15,17-18,20-21,24H,3-4,8-9,12H2,1-2H3,(H,31,32,34,37)/t17-,20+,21+,24+/m0/s1. The molecular formula is C28H30N8O. The van der Waals surface area contributed by atoms with Crippen LogP contribution in [0.15, 0.2) is 49.3 Å². The van der Waals surface area contributed by atoms with E-state index in [0.717, 1.165) is 47.9 Å². The van der Waals surface area contributed by atoms with Crippen LogP contribution >= 0.6 is 0 Å². The summed E-state index contributed by atoms with van der Waals surface area (Å²) in [5.41, 5.74) is 4.44. The summed E-state index contributed by atoms with van der Waals surface area (Å²) in [5.74, 6) is 3.30. The first-order chi connectivity index (χ1) is 18.0. The van der Waals surface area contributed by atoms with Gasteiger partial charge in [0.2, 0.25) is 11.7 Å². The second-order valence-corrected chi connectivity index (χ2v) is 11.0. The number of nitrogens with zero attached hydrogens (tertiary/aromatic N) is 7. The smallest absolute Gasteiger partial charge is 0.234 e. The molecule has 9 heteroatoms. The molecule has 188 valence electrons. The molecule has 9 nitrogen and oxygen atoms in total. The summed E-state index contributed by atoms with van der Waals surface area (Å²) >= 11 is 0. The van der Waals surface area contributed by atoms with E-state index in [4.69, 9.17) is 4.98 Å². The van der Waals surface area contributed by atoms with Crippen molar-refractivity contribution in [3.63, 3.8) is 0 Å². The maximum absolute atomic E-state index is 13.0. The van der Waals surface area contributed by atoms with Crippen LogP contribution in [0.1, 0.15) is 73.0 Å². The lowest BCUT2D eigenvalue weighted by Crippen LogP contribution is -2.25. The number of rotatable bonds is 6. The van der Waals surface area contributed by atoms with E-state index in [0.29, 0.717) is 17.7 Å². The molecule has 4 aromatic rings. The van der Waals surface area contributed by atoms with Crippen LogP contribution in [0.5, 0.6) is 0 Å². The molecule has 3 fully saturated rings. The second-order valence-electron chi connectivity index (χ2n) is 11.0. The van der Waals surface area contributed by atoms with Crippen molar-refractivity contribution in [2.24, 2.45) is 11.8 Å². The van der Waals surface area contributed by atoms with Gasteiger partial charge in [-0.15, -0.1) is 0 Å². The van der Waals surface area contributed by atoms with Gasteiger partial charge in [0, 0.05) is 54.9 Å². The lowest BCUT2D eigenvalue weighted by Gasteiger charge is -2.24. The molecule has 1 aliphatic heterocycles. The summed E-state index contributed by atoms with van der Waals surface area (Å²) < 4.78 is 2.06. The minimum absolute atomic E-state index is 0.0119. The van der Waals surface area contributed by atoms with Gasteiger partial charge in [0.1, 0.15) is 18.0 Å². The number of amides is 1. The van der Waals surface area contributed by atoms with Gasteiger partial charge in [0.15, 0.2) is 0 Å². The van der Waals surface area contributed by atoms with Gasteiger partial charge in [0.25, 0.3) is 0 Å². The van der Waals surface area contributed by atoms with Crippen LogP contribution in [0.25, 0.3) is 5.78 Å². The van der Waals surface area contributed by atoms with Crippen LogP contribution in [0, 0.1) is 18.8 Å². The van der Waals surface area contributed by atoms with Gasteiger partial charge in [-0.1, -0.05) is 6.92 Å². The maximum Gasteiger partial charge on any atom is 0.234 e. The largest absolute Gasteiger partial charge is 0.347 e. The number of carbonyl (C=O) groups excluding carboxylic acids is 1. The van der Waals surface area contributed by atoms with Gasteiger partial charge in [-0.25, -0.2) is 19.9 Å². The number of aryl methyl sites for hydroxylation is 1. The first-order valence-electron chi connectivity index (χ1n) is 13.2. The van der Waals surface area contributed by atoms with Crippen molar-refractivity contribution in [1.82, 2.24) is 29.3 Å². The van der Waals surface area contributed by atoms with Gasteiger partial charge < -0.3 is 10.2 Å². The SMILES string of the molecule is Cc1ccnc([C@@H]2C[C@H]2C(=O)Nc2cc(N3C[C@@H](C)C[C@@H]3c3cn4cc(C5CC5)cnc4n3)ncn2)c1. The van der Waals surface area contributed by atoms with E-state index in [2.05, 4.69) is 59.9 Å². The molecule has 1 amide bonds. The molecule has 0 unspecified atom stereocenters. The van der Waals surface area contributed by atoms with Crippen LogP contribution in [-0.4, -0.2) is 41.8 Å². The highest BCUT2D eigenvalue weighted by molar-refractivity contribution is 5.94. The summed E-state index contributed by atoms with van der Waals surface area (Å²) in [6.07, 6.45) is 13.9. The van der Waals surface area contributed by atoms with Gasteiger partial charge in [0.05, 0.1) is 11.7 Å². The Hall–Kier alpha value is -3.88. The number of carbonyl (C=O) groups is 1. The lowest BCUT2D eigenvalue weighted by molar-refractivity contribution is -0.117. The zero-order valence-electron chi connectivity index (χ0n) is 21.1. The topological polar surface area (TPSA) is 101 Å². The number of pyridine rings is 1. The number of hydrogen-bond acceptors (Lipinski definition) is 7. The van der Waals surface area contributed by atoms with Gasteiger partial charge in [-0.3, -0.25) is 14.2 Å². The Morgan fingerprint density at radius 3 is 2.78 bits per heavy atom. The number of aromatic nitrogens is 6. The maximum atomic E-state index is 13.0. The molecule has 2 aliphatic carbocycles. The Bertz CT molecular complexity index is 1490. The molecule has 0 bridgehead atoms. The van der Waals surface area contributed by atoms with E-state index in [9.17, 15) is 4.79 Å². The molecule has 5 heterocycles. The second kappa shape index (κ2) is 8.61. The molecule has 3 aliphatic rings. The van der Waals surface area contributed by atoms with E-state index in [-0.39, 0.29) is 23.8 Å². The van der Waals surface area contributed by atoms with Crippen molar-refractivity contribution < 1.29 is 4.79 Å². The Labute approximate surface area is 215 Å². The molecule has 1 N–H and O–H groups in total. The highest BCUT2D eigenvalue weighted by Crippen LogP contribution is 2.47. The van der Waals surface area contributed by atoms with Crippen LogP contribution in [0.2, 0.25) is 0 Å². The van der Waals surface area contributed by atoms with Crippen LogP contribution in [0.3, 0.4) is 0 Å². The fourth-order valence-electron chi connectivity index (χ4n) is 5.65. The summed E-state index contributed by atoms with van der Waals surface area (Å²) in [6.45, 7) is 5.17. The van der Waals surface area contributed by atoms with Crippen LogP contribution < -0.4 is 10.2 Å². The van der Waals surface area contributed by atoms with Gasteiger partial charge in [-0.2, -0.15) is 0 Å². The minimum Gasteiger partial charge on any atom is -0.347 e. The normalized spacial score (nSPS) is 25.0. The van der Waals surface area contributed by atoms with Crippen LogP contribution in [-0.2, 0) is 4.79 Å². The van der Waals surface area contributed by atoms with Gasteiger partial charge in [-0.05, 0) is 67.7 Å². The molecule has 0 radical (unpaired) electrons. The Kier molecular flexibility index (Phi) is 5.19. The van der Waals surface area contributed by atoms with E-state index in [1.165, 1.54) is 24.7 Å². The van der Waals surface area contributed by atoms with Crippen LogP contribution in [0.4, 0.5) is 11.6 Å². The van der Waals surface area contributed by atoms with Crippen molar-refractivity contribution in [2.45, 2.75) is 57.4 Å². The molecule has 4 aromatic heterocycles. The fourth-order valence-corrected chi connectivity index (χ4v) is 5.65. The molecule has 4 atom stereocenters. The fraction of sp³-hybridized carbons (Fsp3) is 0.429. The lowest BCUT2D eigenvalue weighted by atomic mass is 10.1. The van der Waals surface area contributed by atoms with Crippen molar-refractivity contribution in [2.75, 3.05) is 16.8 Å². The first-order valence-corrected chi connectivity index (χ1v) is 13.2.